The molecule has 2 aliphatic rings. The first-order valence-electron chi connectivity index (χ1n) is 22.4. The number of aromatic nitrogens is 6. The van der Waals surface area contributed by atoms with Gasteiger partial charge >= 0.3 is 11.9 Å². The molecule has 65 heavy (non-hydrogen) atoms. The summed E-state index contributed by atoms with van der Waals surface area (Å²) in [4.78, 5) is 51.3. The zero-order valence-electron chi connectivity index (χ0n) is 38.7. The van der Waals surface area contributed by atoms with E-state index in [9.17, 15) is 19.2 Å². The molecule has 14 nitrogen and oxygen atoms in total. The minimum Gasteiger partial charge on any atom is -0.424 e. The number of rotatable bonds is 15. The second-order valence-corrected chi connectivity index (χ2v) is 17.1. The van der Waals surface area contributed by atoms with Crippen LogP contribution in [0.15, 0.2) is 73.3 Å². The SMILES string of the molecule is CCC(CN)C(=O)OC[n+]1ccn(CC2CCc3c(c4ccccc4n3C)C2=O)c1C.CCC(CNC)C(=O)OC[n+]1ccn(CC2CCc3c(c4ccccc4n3C)C2=O)c1C.Cl.Cl. The average Bonchev–Trinajstić information content (AvgIpc) is 4.01. The Kier molecular flexibility index (Phi) is 17.4. The molecular weight excluding hydrogens is 867 g/mol. The number of ketones is 2. The fraction of sp³-hybridized carbons (Fsp3) is 0.469. The van der Waals surface area contributed by atoms with Crippen molar-refractivity contribution in [1.82, 2.24) is 23.6 Å². The molecule has 4 unspecified atom stereocenters. The number of fused-ring (bicyclic) bond motifs is 6. The van der Waals surface area contributed by atoms with Gasteiger partial charge in [-0.1, -0.05) is 50.2 Å². The van der Waals surface area contributed by atoms with Crippen molar-refractivity contribution in [1.29, 1.82) is 0 Å². The smallest absolute Gasteiger partial charge is 0.313 e. The van der Waals surface area contributed by atoms with E-state index < -0.39 is 0 Å². The van der Waals surface area contributed by atoms with Gasteiger partial charge in [0.1, 0.15) is 37.9 Å². The van der Waals surface area contributed by atoms with Gasteiger partial charge in [-0.25, -0.2) is 9.13 Å². The first-order valence-corrected chi connectivity index (χ1v) is 22.4. The van der Waals surface area contributed by atoms with Crippen molar-refractivity contribution in [3.8, 4) is 0 Å². The molecule has 0 amide bonds. The summed E-state index contributed by atoms with van der Waals surface area (Å²) in [5, 5.41) is 5.14. The number of carbonyl (C=O) groups excluding carboxylic acids is 4. The van der Waals surface area contributed by atoms with Gasteiger partial charge in [-0.3, -0.25) is 19.2 Å². The van der Waals surface area contributed by atoms with Crippen LogP contribution in [0.5, 0.6) is 0 Å². The molecule has 4 aromatic heterocycles. The summed E-state index contributed by atoms with van der Waals surface area (Å²) in [7, 11) is 5.93. The van der Waals surface area contributed by atoms with Crippen LogP contribution in [0.4, 0.5) is 0 Å². The van der Waals surface area contributed by atoms with Crippen LogP contribution in [0.2, 0.25) is 0 Å². The Morgan fingerprint density at radius 1 is 0.723 bits per heavy atom. The largest absolute Gasteiger partial charge is 0.424 e. The van der Waals surface area contributed by atoms with Gasteiger partial charge in [-0.15, -0.1) is 24.8 Å². The van der Waals surface area contributed by atoms with E-state index in [-0.39, 0.29) is 85.5 Å². The standard InChI is InChI=1S/C25H33N4O3.C24H31N4O3.2ClH/c1-5-18(14-26-3)25(31)32-16-29-13-12-28(17(29)2)15-19-10-11-22-23(24(19)30)20-8-6-7-9-21(20)27(22)4;1-4-17(13-25)24(30)31-15-28-12-11-27(16(28)2)14-18-9-10-21-22(23(18)29)19-7-5-6-8-20(19)26(21)3;;/h6-9,12-13,18-19,26H,5,10-11,14-16H2,1-4H3;5-8,11-12,17-18H,4,9-10,13-15,25H2,1-3H3;2*1H/q2*+1;;. The maximum absolute atomic E-state index is 13.4. The normalized spacial score (nSPS) is 16.4. The highest BCUT2D eigenvalue weighted by atomic mass is 35.5. The van der Waals surface area contributed by atoms with Crippen molar-refractivity contribution in [2.45, 2.75) is 92.8 Å². The molecule has 0 radical (unpaired) electrons. The minimum atomic E-state index is -0.268. The van der Waals surface area contributed by atoms with Crippen LogP contribution in [0.1, 0.15) is 83.3 Å². The number of ether oxygens (including phenoxy) is 2. The molecule has 0 saturated heterocycles. The van der Waals surface area contributed by atoms with E-state index in [0.717, 1.165) is 88.1 Å². The van der Waals surface area contributed by atoms with Crippen LogP contribution in [0.25, 0.3) is 21.8 Å². The van der Waals surface area contributed by atoms with Crippen molar-refractivity contribution in [3.05, 3.63) is 107 Å². The Morgan fingerprint density at radius 2 is 1.14 bits per heavy atom. The van der Waals surface area contributed by atoms with E-state index in [1.807, 2.05) is 106 Å². The number of nitrogens with one attached hydrogen (secondary N) is 1. The Bertz CT molecular complexity index is 2640. The number of halogens is 2. The average molecular weight is 934 g/mol. The molecule has 3 N–H and O–H groups in total. The van der Waals surface area contributed by atoms with Crippen LogP contribution >= 0.6 is 24.8 Å². The fourth-order valence-electron chi connectivity index (χ4n) is 9.46. The van der Waals surface area contributed by atoms with Gasteiger partial charge in [0, 0.05) is 85.4 Å². The lowest BCUT2D eigenvalue weighted by atomic mass is 9.85. The quantitative estimate of drug-likeness (QED) is 0.0925. The Labute approximate surface area is 393 Å². The number of nitrogens with two attached hydrogens (primary N) is 1. The van der Waals surface area contributed by atoms with Gasteiger partial charge in [0.2, 0.25) is 13.5 Å². The van der Waals surface area contributed by atoms with Crippen LogP contribution < -0.4 is 20.2 Å². The predicted octanol–water partition coefficient (Wildman–Crippen LogP) is 6.12. The Hall–Kier alpha value is -5.28. The molecule has 2 aliphatic carbocycles. The van der Waals surface area contributed by atoms with E-state index in [1.54, 1.807) is 0 Å². The van der Waals surface area contributed by atoms with Crippen LogP contribution in [0.3, 0.4) is 0 Å². The number of hydrogen-bond donors (Lipinski definition) is 2. The molecule has 6 aromatic rings. The first-order chi connectivity index (χ1) is 30.4. The van der Waals surface area contributed by atoms with Crippen molar-refractivity contribution < 1.29 is 37.8 Å². The topological polar surface area (TPSA) is 152 Å². The van der Waals surface area contributed by atoms with E-state index in [0.29, 0.717) is 32.6 Å². The molecule has 0 saturated carbocycles. The van der Waals surface area contributed by atoms with Crippen LogP contribution in [-0.2, 0) is 72.6 Å². The zero-order valence-corrected chi connectivity index (χ0v) is 40.4. The van der Waals surface area contributed by atoms with E-state index >= 15 is 0 Å². The molecule has 8 rings (SSSR count). The molecular formula is C49H66Cl2N8O6+2. The third-order valence-electron chi connectivity index (χ3n) is 13.6. The summed E-state index contributed by atoms with van der Waals surface area (Å²) in [5.74, 6) is 1.38. The van der Waals surface area contributed by atoms with Crippen molar-refractivity contribution in [2.75, 3.05) is 20.1 Å². The second-order valence-electron chi connectivity index (χ2n) is 17.1. The van der Waals surface area contributed by atoms with Gasteiger partial charge in [0.25, 0.3) is 11.6 Å². The van der Waals surface area contributed by atoms with Crippen molar-refractivity contribution in [2.24, 2.45) is 43.5 Å². The summed E-state index contributed by atoms with van der Waals surface area (Å²) in [6.07, 6.45) is 12.6. The van der Waals surface area contributed by atoms with Crippen LogP contribution in [-0.4, -0.2) is 61.9 Å². The Morgan fingerprint density at radius 3 is 1.54 bits per heavy atom. The number of aryl methyl sites for hydroxylation is 2. The molecule has 350 valence electrons. The third kappa shape index (κ3) is 10.3. The summed E-state index contributed by atoms with van der Waals surface area (Å²) in [5.41, 5.74) is 11.9. The van der Waals surface area contributed by atoms with E-state index in [4.69, 9.17) is 15.2 Å². The molecule has 2 aromatic carbocycles. The van der Waals surface area contributed by atoms with Gasteiger partial charge in [-0.05, 0) is 57.7 Å². The molecule has 16 heteroatoms. The number of benzene rings is 2. The van der Waals surface area contributed by atoms with E-state index in [2.05, 4.69) is 48.8 Å². The summed E-state index contributed by atoms with van der Waals surface area (Å²) in [6, 6.07) is 16.3. The second kappa shape index (κ2) is 22.3. The number of nitrogens with zero attached hydrogens (tertiary/aromatic N) is 6. The number of hydrogen-bond acceptors (Lipinski definition) is 8. The van der Waals surface area contributed by atoms with Gasteiger partial charge in [-0.2, -0.15) is 9.13 Å². The lowest BCUT2D eigenvalue weighted by Crippen LogP contribution is -2.40. The maximum atomic E-state index is 13.4. The number of esters is 2. The lowest BCUT2D eigenvalue weighted by molar-refractivity contribution is -0.733. The molecule has 0 bridgehead atoms. The number of Topliss-reactive ketones (excluding diaryl/α,β-unsaturated/α-hetero) is 2. The van der Waals surface area contributed by atoms with Gasteiger partial charge < -0.3 is 29.7 Å². The summed E-state index contributed by atoms with van der Waals surface area (Å²) >= 11 is 0. The highest BCUT2D eigenvalue weighted by Crippen LogP contribution is 2.36. The van der Waals surface area contributed by atoms with Gasteiger partial charge in [0.05, 0.1) is 23.7 Å². The Balaban J connectivity index is 0.000000237. The fourth-order valence-corrected chi connectivity index (χ4v) is 9.46. The minimum absolute atomic E-state index is 0. The van der Waals surface area contributed by atoms with Crippen molar-refractivity contribution >= 4 is 70.1 Å². The summed E-state index contributed by atoms with van der Waals surface area (Å²) in [6.45, 7) is 10.4. The number of para-hydroxylation sites is 2. The molecule has 0 spiro atoms. The third-order valence-corrected chi connectivity index (χ3v) is 13.6. The first kappa shape index (κ1) is 50.7. The highest BCUT2D eigenvalue weighted by Gasteiger charge is 2.36. The number of carbonyl (C=O) groups is 4. The van der Waals surface area contributed by atoms with E-state index in [1.165, 1.54) is 0 Å². The molecule has 0 fully saturated rings. The van der Waals surface area contributed by atoms with Crippen molar-refractivity contribution in [3.63, 3.8) is 0 Å². The van der Waals surface area contributed by atoms with Gasteiger partial charge in [0.15, 0.2) is 11.6 Å². The maximum Gasteiger partial charge on any atom is 0.313 e. The predicted molar refractivity (Wildman–Crippen MR) is 254 cm³/mol. The monoisotopic (exact) mass is 932 g/mol. The van der Waals surface area contributed by atoms with Crippen LogP contribution in [0, 0.1) is 37.5 Å². The molecule has 4 atom stereocenters. The highest BCUT2D eigenvalue weighted by molar-refractivity contribution is 6.12. The number of imidazole rings is 2. The zero-order chi connectivity index (χ0) is 44.9. The summed E-state index contributed by atoms with van der Waals surface area (Å²) < 4.78 is 23.3. The molecule has 4 heterocycles. The molecule has 0 aliphatic heterocycles. The lowest BCUT2D eigenvalue weighted by Gasteiger charge is -2.21.